The molecule has 2 aromatic heterocycles. The molecule has 1 saturated carbocycles. The maximum Gasteiger partial charge on any atom is 0.387 e. The number of hydrogen-bond acceptors (Lipinski definition) is 7. The van der Waals surface area contributed by atoms with Gasteiger partial charge in [-0.2, -0.15) is 8.78 Å². The first-order valence-electron chi connectivity index (χ1n) is 10.9. The number of ketones is 1. The molecule has 1 aromatic carbocycles. The molecule has 1 aliphatic carbocycles. The number of carbonyl (C=O) groups excluding carboxylic acids is 1. The van der Waals surface area contributed by atoms with Crippen molar-refractivity contribution < 1.29 is 18.3 Å². The summed E-state index contributed by atoms with van der Waals surface area (Å²) in [7, 11) is 0. The number of benzene rings is 1. The van der Waals surface area contributed by atoms with Crippen LogP contribution in [0.3, 0.4) is 0 Å². The Bertz CT molecular complexity index is 1090. The van der Waals surface area contributed by atoms with Crippen molar-refractivity contribution in [2.75, 3.05) is 11.1 Å². The van der Waals surface area contributed by atoms with Crippen LogP contribution in [0.25, 0.3) is 5.69 Å². The lowest BCUT2D eigenvalue weighted by Gasteiger charge is -2.21. The van der Waals surface area contributed by atoms with Gasteiger partial charge in [-0.05, 0) is 57.0 Å². The SMILES string of the molecule is Cc1cc(C(=O)CSc2nnc(NC3CCCCC3)s2)c(C)n1-c1ccc(OC(F)F)cc1. The molecule has 1 aliphatic rings. The van der Waals surface area contributed by atoms with E-state index in [1.54, 1.807) is 12.1 Å². The molecule has 0 saturated heterocycles. The summed E-state index contributed by atoms with van der Waals surface area (Å²) in [6.45, 7) is 0.930. The van der Waals surface area contributed by atoms with Crippen molar-refractivity contribution in [1.29, 1.82) is 0 Å². The predicted molar refractivity (Wildman–Crippen MR) is 127 cm³/mol. The van der Waals surface area contributed by atoms with Crippen molar-refractivity contribution in [3.63, 3.8) is 0 Å². The van der Waals surface area contributed by atoms with Crippen molar-refractivity contribution >= 4 is 34.0 Å². The number of anilines is 1. The third kappa shape index (κ3) is 5.92. The van der Waals surface area contributed by atoms with Crippen LogP contribution in [0.1, 0.15) is 53.8 Å². The Hall–Kier alpha value is -2.46. The summed E-state index contributed by atoms with van der Waals surface area (Å²) in [5.41, 5.74) is 3.11. The van der Waals surface area contributed by atoms with E-state index in [0.29, 0.717) is 11.6 Å². The lowest BCUT2D eigenvalue weighted by Crippen LogP contribution is -2.21. The summed E-state index contributed by atoms with van der Waals surface area (Å²) in [4.78, 5) is 12.9. The van der Waals surface area contributed by atoms with Crippen LogP contribution in [-0.4, -0.2) is 39.0 Å². The Morgan fingerprint density at radius 3 is 2.64 bits per heavy atom. The minimum absolute atomic E-state index is 0.00833. The number of nitrogens with zero attached hydrogens (tertiary/aromatic N) is 3. The highest BCUT2D eigenvalue weighted by Crippen LogP contribution is 2.30. The molecule has 0 bridgehead atoms. The normalized spacial score (nSPS) is 14.6. The molecule has 1 N–H and O–H groups in total. The van der Waals surface area contributed by atoms with E-state index in [1.165, 1.54) is 54.5 Å². The number of thioether (sulfide) groups is 1. The van der Waals surface area contributed by atoms with E-state index in [1.807, 2.05) is 24.5 Å². The number of ether oxygens (including phenoxy) is 1. The zero-order valence-electron chi connectivity index (χ0n) is 18.5. The van der Waals surface area contributed by atoms with E-state index in [4.69, 9.17) is 0 Å². The molecule has 0 atom stereocenters. The Morgan fingerprint density at radius 1 is 1.21 bits per heavy atom. The summed E-state index contributed by atoms with van der Waals surface area (Å²) >= 11 is 2.88. The fraction of sp³-hybridized carbons (Fsp3) is 0.435. The molecular formula is C23H26F2N4O2S2. The van der Waals surface area contributed by atoms with Crippen LogP contribution in [0, 0.1) is 13.8 Å². The van der Waals surface area contributed by atoms with Crippen molar-refractivity contribution in [3.05, 3.63) is 47.3 Å². The van der Waals surface area contributed by atoms with Crippen LogP contribution >= 0.6 is 23.1 Å². The van der Waals surface area contributed by atoms with Gasteiger partial charge in [0, 0.05) is 28.7 Å². The van der Waals surface area contributed by atoms with Crippen LogP contribution in [0.2, 0.25) is 0 Å². The predicted octanol–water partition coefficient (Wildman–Crippen LogP) is 6.27. The molecule has 0 spiro atoms. The van der Waals surface area contributed by atoms with Gasteiger partial charge in [0.05, 0.1) is 5.75 Å². The molecule has 0 amide bonds. The molecule has 2 heterocycles. The third-order valence-corrected chi connectivity index (χ3v) is 7.71. The Morgan fingerprint density at radius 2 is 1.94 bits per heavy atom. The van der Waals surface area contributed by atoms with Gasteiger partial charge in [0.25, 0.3) is 0 Å². The van der Waals surface area contributed by atoms with E-state index < -0.39 is 6.61 Å². The van der Waals surface area contributed by atoms with E-state index in [0.717, 1.165) is 39.4 Å². The van der Waals surface area contributed by atoms with E-state index >= 15 is 0 Å². The number of nitrogens with one attached hydrogen (secondary N) is 1. The van der Waals surface area contributed by atoms with Gasteiger partial charge in [-0.15, -0.1) is 10.2 Å². The van der Waals surface area contributed by atoms with Gasteiger partial charge in [-0.3, -0.25) is 4.79 Å². The van der Waals surface area contributed by atoms with Gasteiger partial charge >= 0.3 is 6.61 Å². The number of alkyl halides is 2. The fourth-order valence-corrected chi connectivity index (χ4v) is 5.88. The smallest absolute Gasteiger partial charge is 0.387 e. The van der Waals surface area contributed by atoms with Crippen molar-refractivity contribution in [2.45, 2.75) is 62.9 Å². The second kappa shape index (κ2) is 10.6. The highest BCUT2D eigenvalue weighted by Gasteiger charge is 2.19. The zero-order valence-corrected chi connectivity index (χ0v) is 20.1. The molecule has 0 unspecified atom stereocenters. The van der Waals surface area contributed by atoms with Crippen molar-refractivity contribution in [1.82, 2.24) is 14.8 Å². The Balaban J connectivity index is 1.39. The standard InChI is InChI=1S/C23H26F2N4O2S2/c1-14-12-19(15(2)29(14)17-8-10-18(11-9-17)31-21(24)25)20(30)13-32-23-28-27-22(33-23)26-16-6-4-3-5-7-16/h8-12,16,21H,3-7,13H2,1-2H3,(H,26,27). The van der Waals surface area contributed by atoms with Crippen molar-refractivity contribution in [2.24, 2.45) is 0 Å². The number of carbonyl (C=O) groups is 1. The molecule has 4 rings (SSSR count). The minimum atomic E-state index is -2.86. The van der Waals surface area contributed by atoms with Crippen LogP contribution in [0.15, 0.2) is 34.7 Å². The van der Waals surface area contributed by atoms with Crippen LogP contribution in [-0.2, 0) is 0 Å². The lowest BCUT2D eigenvalue weighted by atomic mass is 9.96. The Kier molecular flexibility index (Phi) is 7.64. The van der Waals surface area contributed by atoms with Gasteiger partial charge in [0.1, 0.15) is 5.75 Å². The topological polar surface area (TPSA) is 69.0 Å². The number of Topliss-reactive ketones (excluding diaryl/α,β-unsaturated/α-hetero) is 1. The van der Waals surface area contributed by atoms with E-state index in [-0.39, 0.29) is 17.3 Å². The molecule has 33 heavy (non-hydrogen) atoms. The molecule has 6 nitrogen and oxygen atoms in total. The number of halogens is 2. The molecule has 0 aliphatic heterocycles. The zero-order chi connectivity index (χ0) is 23.4. The second-order valence-corrected chi connectivity index (χ2v) is 10.3. The maximum atomic E-state index is 12.9. The highest BCUT2D eigenvalue weighted by molar-refractivity contribution is 8.01. The molecule has 0 radical (unpaired) electrons. The summed E-state index contributed by atoms with van der Waals surface area (Å²) in [6, 6.07) is 8.70. The quantitative estimate of drug-likeness (QED) is 0.281. The molecular weight excluding hydrogens is 466 g/mol. The van der Waals surface area contributed by atoms with Crippen LogP contribution < -0.4 is 10.1 Å². The highest BCUT2D eigenvalue weighted by atomic mass is 32.2. The van der Waals surface area contributed by atoms with Crippen LogP contribution in [0.4, 0.5) is 13.9 Å². The summed E-state index contributed by atoms with van der Waals surface area (Å²) in [5, 5.41) is 12.7. The second-order valence-electron chi connectivity index (χ2n) is 8.06. The lowest BCUT2D eigenvalue weighted by molar-refractivity contribution is -0.0498. The van der Waals surface area contributed by atoms with Gasteiger partial charge < -0.3 is 14.6 Å². The summed E-state index contributed by atoms with van der Waals surface area (Å²) in [5.74, 6) is 0.371. The average molecular weight is 493 g/mol. The van der Waals surface area contributed by atoms with Gasteiger partial charge in [0.15, 0.2) is 10.1 Å². The van der Waals surface area contributed by atoms with Gasteiger partial charge in [-0.25, -0.2) is 0 Å². The monoisotopic (exact) mass is 492 g/mol. The summed E-state index contributed by atoms with van der Waals surface area (Å²) in [6.07, 6.45) is 6.13. The van der Waals surface area contributed by atoms with Gasteiger partial charge in [-0.1, -0.05) is 42.4 Å². The maximum absolute atomic E-state index is 12.9. The number of rotatable bonds is 9. The van der Waals surface area contributed by atoms with E-state index in [2.05, 4.69) is 20.3 Å². The van der Waals surface area contributed by atoms with E-state index in [9.17, 15) is 13.6 Å². The first-order chi connectivity index (χ1) is 15.9. The largest absolute Gasteiger partial charge is 0.435 e. The minimum Gasteiger partial charge on any atom is -0.435 e. The molecule has 1 fully saturated rings. The number of aromatic nitrogens is 3. The fourth-order valence-electron chi connectivity index (χ4n) is 4.17. The van der Waals surface area contributed by atoms with Crippen molar-refractivity contribution in [3.8, 4) is 11.4 Å². The number of aryl methyl sites for hydroxylation is 1. The first kappa shape index (κ1) is 23.7. The first-order valence-corrected chi connectivity index (χ1v) is 12.7. The van der Waals surface area contributed by atoms with Crippen LogP contribution in [0.5, 0.6) is 5.75 Å². The molecule has 176 valence electrons. The number of hydrogen-bond donors (Lipinski definition) is 1. The van der Waals surface area contributed by atoms with Gasteiger partial charge in [0.2, 0.25) is 5.13 Å². The third-order valence-electron chi connectivity index (χ3n) is 5.72. The molecule has 10 heteroatoms. The Labute approximate surface area is 199 Å². The summed E-state index contributed by atoms with van der Waals surface area (Å²) < 4.78 is 31.9. The molecule has 3 aromatic rings. The average Bonchev–Trinajstić information content (AvgIpc) is 3.36.